The molecule has 0 aliphatic carbocycles. The van der Waals surface area contributed by atoms with Gasteiger partial charge < -0.3 is 55.1 Å². The van der Waals surface area contributed by atoms with Crippen molar-refractivity contribution >= 4 is 60.2 Å². The number of ether oxygens (including phenoxy) is 3. The highest BCUT2D eigenvalue weighted by Crippen LogP contribution is 2.23. The highest BCUT2D eigenvalue weighted by atomic mass is 16.7. The lowest BCUT2D eigenvalue weighted by molar-refractivity contribution is -0.0590. The number of hydrogen-bond acceptors (Lipinski definition) is 20. The average molecular weight is 1140 g/mol. The van der Waals surface area contributed by atoms with Gasteiger partial charge in [-0.1, -0.05) is 27.7 Å². The van der Waals surface area contributed by atoms with E-state index in [1.807, 2.05) is 0 Å². The van der Waals surface area contributed by atoms with Crippen LogP contribution in [0, 0.1) is 5.41 Å². The van der Waals surface area contributed by atoms with Gasteiger partial charge in [0.25, 0.3) is 11.8 Å². The molecule has 0 fully saturated rings. The molecule has 0 saturated heterocycles. The van der Waals surface area contributed by atoms with Crippen molar-refractivity contribution < 1.29 is 113 Å². The lowest BCUT2D eigenvalue weighted by Gasteiger charge is -2.19. The first-order valence-electron chi connectivity index (χ1n) is 23.3. The fraction of sp³-hybridized carbons (Fsp3) is 0.286. The van der Waals surface area contributed by atoms with Gasteiger partial charge in [0.1, 0.15) is 34.3 Å². The van der Waals surface area contributed by atoms with E-state index in [1.54, 1.807) is 41.5 Å². The van der Waals surface area contributed by atoms with E-state index >= 15 is 0 Å². The van der Waals surface area contributed by atoms with E-state index in [9.17, 15) is 68.4 Å². The number of nitrogens with one attached hydrogen (secondary N) is 2. The normalized spacial score (nSPS) is 10.3. The Morgan fingerprint density at radius 1 is 0.383 bits per heavy atom. The second-order valence-corrected chi connectivity index (χ2v) is 19.7. The summed E-state index contributed by atoms with van der Waals surface area (Å²) in [5.74, 6) is -8.29. The monoisotopic (exact) mass is 1130 g/mol. The minimum atomic E-state index is -1.25. The van der Waals surface area contributed by atoms with Crippen LogP contribution in [0.3, 0.4) is 0 Å². The fourth-order valence-corrected chi connectivity index (χ4v) is 4.96. The topological polar surface area (TPSA) is 403 Å². The van der Waals surface area contributed by atoms with Crippen LogP contribution >= 0.6 is 0 Å². The lowest BCUT2D eigenvalue weighted by atomic mass is 10.0. The van der Waals surface area contributed by atoms with Crippen molar-refractivity contribution in [3.8, 4) is 28.7 Å². The zero-order valence-corrected chi connectivity index (χ0v) is 46.5. The van der Waals surface area contributed by atoms with Gasteiger partial charge in [0.05, 0.1) is 82.6 Å². The van der Waals surface area contributed by atoms with E-state index in [2.05, 4.69) is 52.9 Å². The number of hydrogen-bond donors (Lipinski definition) is 10. The number of carboxylic acid groups (broad SMARTS) is 3. The van der Waals surface area contributed by atoms with E-state index < -0.39 is 70.3 Å². The summed E-state index contributed by atoms with van der Waals surface area (Å²) in [6, 6.07) is 18.3. The smallest absolute Gasteiger partial charge is 0.339 e. The van der Waals surface area contributed by atoms with E-state index in [0.717, 1.165) is 30.3 Å². The van der Waals surface area contributed by atoms with Gasteiger partial charge in [0.2, 0.25) is 0 Å². The van der Waals surface area contributed by atoms with E-state index in [1.165, 1.54) is 82.0 Å². The van der Waals surface area contributed by atoms with Crippen LogP contribution in [0.2, 0.25) is 0 Å². The molecular formula is C56H66N2O23. The largest absolute Gasteiger partial charge is 0.507 e. The SMILES string of the molecule is CC(C)(C)C.CC(C)(C)ONC(=O)c1ccc(C(=O)O)cc1O.COC(=O)c1ccc(C(=O)NOC(C)(C)C)c(O)c1.COC(=O)c1ccc(C(=O)O)c(O)c1.COC(=O)c1ccc(C=O)c(O)c1.O=Cc1ccc(C(=O)O)cc1O. The summed E-state index contributed by atoms with van der Waals surface area (Å²) >= 11 is 0. The van der Waals surface area contributed by atoms with Crippen molar-refractivity contribution in [1.29, 1.82) is 0 Å². The van der Waals surface area contributed by atoms with E-state index in [-0.39, 0.29) is 72.9 Å². The standard InChI is InChI=1S/C13H17NO5.C12H15NO5.C9H8O5.C9H8O4.C8H6O4.C5H12/c1-13(2,3)19-14-11(16)9-6-5-8(7-10(9)15)12(17)18-4;1-12(2,3)18-13-10(15)8-5-4-7(11(16)17)6-9(8)14;1-14-9(13)5-2-3-6(8(11)12)7(10)4-5;1-13-9(12)6-2-3-7(5-10)8(11)4-6;9-4-6-2-1-5(8(11)12)3-7(6)10;1-5(2,3)4/h5-7,15H,1-4H3,(H,14,16);4-6,14H,1-3H3,(H,13,15)(H,16,17);2-4,10H,1H3,(H,11,12);2-5,11H,1H3;1-4,10H,(H,11,12);1-4H3. The van der Waals surface area contributed by atoms with Crippen molar-refractivity contribution in [2.75, 3.05) is 21.3 Å². The third-order valence-electron chi connectivity index (χ3n) is 8.68. The second kappa shape index (κ2) is 32.8. The minimum absolute atomic E-state index is 0.0110. The van der Waals surface area contributed by atoms with Crippen LogP contribution in [-0.2, 0) is 23.9 Å². The molecule has 0 saturated carbocycles. The number of amides is 2. The predicted molar refractivity (Wildman–Crippen MR) is 288 cm³/mol. The Balaban J connectivity index is 0.000000975. The second-order valence-electron chi connectivity index (χ2n) is 19.7. The number of esters is 3. The Hall–Kier alpha value is -9.88. The highest BCUT2D eigenvalue weighted by Gasteiger charge is 2.20. The molecule has 0 bridgehead atoms. The maximum Gasteiger partial charge on any atom is 0.339 e. The molecule has 5 aromatic carbocycles. The van der Waals surface area contributed by atoms with Gasteiger partial charge in [-0.3, -0.25) is 28.9 Å². The number of aromatic hydroxyl groups is 5. The number of carboxylic acids is 3. The molecule has 2 amide bonds. The molecule has 438 valence electrons. The van der Waals surface area contributed by atoms with Crippen molar-refractivity contribution in [3.05, 3.63) is 147 Å². The number of phenolic OH excluding ortho intramolecular Hbond substituents is 4. The number of carbonyl (C=O) groups is 10. The number of phenols is 5. The Morgan fingerprint density at radius 2 is 0.630 bits per heavy atom. The fourth-order valence-electron chi connectivity index (χ4n) is 4.96. The molecule has 81 heavy (non-hydrogen) atoms. The van der Waals surface area contributed by atoms with Gasteiger partial charge in [0, 0.05) is 0 Å². The Kier molecular flexibility index (Phi) is 28.8. The first kappa shape index (κ1) is 71.1. The van der Waals surface area contributed by atoms with Crippen LogP contribution in [0.25, 0.3) is 0 Å². The summed E-state index contributed by atoms with van der Waals surface area (Å²) in [5, 5.41) is 72.5. The van der Waals surface area contributed by atoms with Crippen LogP contribution < -0.4 is 11.0 Å². The van der Waals surface area contributed by atoms with Crippen molar-refractivity contribution in [1.82, 2.24) is 11.0 Å². The molecule has 0 unspecified atom stereocenters. The molecule has 5 rings (SSSR count). The van der Waals surface area contributed by atoms with Gasteiger partial charge in [-0.15, -0.1) is 0 Å². The molecule has 0 aliphatic rings. The van der Waals surface area contributed by atoms with Crippen LogP contribution in [0.4, 0.5) is 0 Å². The third-order valence-corrected chi connectivity index (χ3v) is 8.68. The number of rotatable bonds is 12. The minimum Gasteiger partial charge on any atom is -0.507 e. The van der Waals surface area contributed by atoms with E-state index in [4.69, 9.17) is 30.1 Å². The molecular weight excluding hydrogens is 1070 g/mol. The summed E-state index contributed by atoms with van der Waals surface area (Å²) in [7, 11) is 3.68. The third kappa shape index (κ3) is 27.3. The Bertz CT molecular complexity index is 3030. The van der Waals surface area contributed by atoms with Gasteiger partial charge >= 0.3 is 35.8 Å². The van der Waals surface area contributed by atoms with Crippen LogP contribution in [-0.4, -0.2) is 134 Å². The molecule has 25 nitrogen and oxygen atoms in total. The molecule has 0 aliphatic heterocycles. The Labute approximate surface area is 465 Å². The summed E-state index contributed by atoms with van der Waals surface area (Å²) in [6.45, 7) is 19.3. The van der Waals surface area contributed by atoms with Crippen LogP contribution in [0.1, 0.15) is 173 Å². The number of methoxy groups -OCH3 is 3. The zero-order chi connectivity index (χ0) is 62.7. The highest BCUT2D eigenvalue weighted by molar-refractivity contribution is 5.99. The molecule has 5 aromatic rings. The van der Waals surface area contributed by atoms with E-state index in [0.29, 0.717) is 18.0 Å². The number of aromatic carboxylic acids is 3. The lowest BCUT2D eigenvalue weighted by Crippen LogP contribution is -2.33. The van der Waals surface area contributed by atoms with Crippen molar-refractivity contribution in [3.63, 3.8) is 0 Å². The average Bonchev–Trinajstić information content (AvgIpc) is 3.38. The zero-order valence-electron chi connectivity index (χ0n) is 46.5. The summed E-state index contributed by atoms with van der Waals surface area (Å²) < 4.78 is 13.3. The van der Waals surface area contributed by atoms with Gasteiger partial charge in [-0.05, 0) is 138 Å². The molecule has 0 aromatic heterocycles. The van der Waals surface area contributed by atoms with Crippen LogP contribution in [0.15, 0.2) is 91.0 Å². The molecule has 0 radical (unpaired) electrons. The quantitative estimate of drug-likeness (QED) is 0.0244. The van der Waals surface area contributed by atoms with Gasteiger partial charge in [-0.25, -0.2) is 39.7 Å². The maximum atomic E-state index is 11.8. The first-order valence-corrected chi connectivity index (χ1v) is 23.3. The number of benzene rings is 5. The summed E-state index contributed by atoms with van der Waals surface area (Å²) in [4.78, 5) is 119. The number of aldehydes is 2. The molecule has 0 spiro atoms. The van der Waals surface area contributed by atoms with Crippen molar-refractivity contribution in [2.45, 2.75) is 80.4 Å². The van der Waals surface area contributed by atoms with Gasteiger partial charge in [-0.2, -0.15) is 0 Å². The van der Waals surface area contributed by atoms with Gasteiger partial charge in [0.15, 0.2) is 12.6 Å². The predicted octanol–water partition coefficient (Wildman–Crippen LogP) is 8.01. The Morgan fingerprint density at radius 3 is 0.877 bits per heavy atom. The number of hydroxylamine groups is 2. The number of carbonyl (C=O) groups excluding carboxylic acids is 7. The van der Waals surface area contributed by atoms with Crippen molar-refractivity contribution in [2.24, 2.45) is 5.41 Å². The summed E-state index contributed by atoms with van der Waals surface area (Å²) in [5.41, 5.74) is 4.08. The molecule has 10 N–H and O–H groups in total. The molecule has 0 heterocycles. The first-order chi connectivity index (χ1) is 37.3. The maximum absolute atomic E-state index is 11.8. The molecule has 25 heteroatoms. The molecule has 0 atom stereocenters. The summed E-state index contributed by atoms with van der Waals surface area (Å²) in [6.07, 6.45) is 0.970. The van der Waals surface area contributed by atoms with Crippen LogP contribution in [0.5, 0.6) is 28.7 Å².